The Bertz CT molecular complexity index is 1080. The normalized spacial score (nSPS) is 18.1. The summed E-state index contributed by atoms with van der Waals surface area (Å²) in [4.78, 5) is 11.6. The lowest BCUT2D eigenvalue weighted by Crippen LogP contribution is -2.32. The number of sulfonamides is 1. The Morgan fingerprint density at radius 2 is 1.57 bits per heavy atom. The molecule has 1 atom stereocenters. The van der Waals surface area contributed by atoms with Gasteiger partial charge in [-0.2, -0.15) is 4.31 Å². The molecule has 0 amide bonds. The molecule has 0 bridgehead atoms. The van der Waals surface area contributed by atoms with E-state index < -0.39 is 31.1 Å². The molecule has 2 aromatic rings. The maximum Gasteiger partial charge on any atom is 0.337 e. The van der Waals surface area contributed by atoms with Gasteiger partial charge in [-0.15, -0.1) is 0 Å². The summed E-state index contributed by atoms with van der Waals surface area (Å²) in [6.45, 7) is -0.0371. The summed E-state index contributed by atoms with van der Waals surface area (Å²) in [5.74, 6) is -0.570. The molecule has 7 nitrogen and oxygen atoms in total. The molecule has 1 aliphatic heterocycles. The first-order chi connectivity index (χ1) is 13.2. The molecule has 0 saturated carbocycles. The standard InChI is InChI=1S/C18H18ClNO6S2/c1-26-18(21)13-2-6-16(7-3-13)28(24,25)20-11-10-17(12-20)27(22,23)15-8-4-14(19)5-9-15/h2-9,17H,10-12H2,1H3/t17-/m1/s1. The number of rotatable bonds is 5. The predicted molar refractivity (Wildman–Crippen MR) is 104 cm³/mol. The molecule has 1 fully saturated rings. The van der Waals surface area contributed by atoms with Crippen molar-refractivity contribution in [1.82, 2.24) is 4.31 Å². The first-order valence-corrected chi connectivity index (χ1v) is 11.7. The summed E-state index contributed by atoms with van der Waals surface area (Å²) in [5.41, 5.74) is 0.228. The van der Waals surface area contributed by atoms with Crippen molar-refractivity contribution in [3.05, 3.63) is 59.1 Å². The molecule has 3 rings (SSSR count). The number of hydrogen-bond donors (Lipinski definition) is 0. The second kappa shape index (κ2) is 7.82. The minimum absolute atomic E-state index is 0.00954. The zero-order valence-corrected chi connectivity index (χ0v) is 17.3. The highest BCUT2D eigenvalue weighted by Crippen LogP contribution is 2.28. The molecule has 0 N–H and O–H groups in total. The van der Waals surface area contributed by atoms with Crippen LogP contribution in [0.25, 0.3) is 0 Å². The molecule has 0 unspecified atom stereocenters. The smallest absolute Gasteiger partial charge is 0.337 e. The number of carbonyl (C=O) groups is 1. The van der Waals surface area contributed by atoms with Crippen LogP contribution in [0.4, 0.5) is 0 Å². The van der Waals surface area contributed by atoms with E-state index in [9.17, 15) is 21.6 Å². The van der Waals surface area contributed by atoms with Gasteiger partial charge in [-0.1, -0.05) is 11.6 Å². The minimum Gasteiger partial charge on any atom is -0.465 e. The molecule has 0 aromatic heterocycles. The van der Waals surface area contributed by atoms with Crippen LogP contribution >= 0.6 is 11.6 Å². The van der Waals surface area contributed by atoms with E-state index in [-0.39, 0.29) is 34.9 Å². The number of benzene rings is 2. The van der Waals surface area contributed by atoms with Crippen LogP contribution in [0.5, 0.6) is 0 Å². The number of ether oxygens (including phenoxy) is 1. The Balaban J connectivity index is 1.80. The topological polar surface area (TPSA) is 97.8 Å². The van der Waals surface area contributed by atoms with Crippen molar-refractivity contribution in [3.8, 4) is 0 Å². The highest BCUT2D eigenvalue weighted by molar-refractivity contribution is 7.92. The van der Waals surface area contributed by atoms with Gasteiger partial charge in [0.1, 0.15) is 0 Å². The van der Waals surface area contributed by atoms with Crippen molar-refractivity contribution < 1.29 is 26.4 Å². The maximum absolute atomic E-state index is 12.8. The van der Waals surface area contributed by atoms with Crippen LogP contribution in [0.3, 0.4) is 0 Å². The van der Waals surface area contributed by atoms with Crippen LogP contribution < -0.4 is 0 Å². The lowest BCUT2D eigenvalue weighted by molar-refractivity contribution is 0.0600. The monoisotopic (exact) mass is 443 g/mol. The molecule has 28 heavy (non-hydrogen) atoms. The van der Waals surface area contributed by atoms with Crippen LogP contribution in [0.1, 0.15) is 16.8 Å². The minimum atomic E-state index is -3.87. The fourth-order valence-electron chi connectivity index (χ4n) is 3.02. The largest absolute Gasteiger partial charge is 0.465 e. The van der Waals surface area contributed by atoms with Gasteiger partial charge >= 0.3 is 5.97 Å². The number of carbonyl (C=O) groups excluding carboxylic acids is 1. The van der Waals surface area contributed by atoms with Crippen molar-refractivity contribution in [2.24, 2.45) is 0 Å². The second-order valence-corrected chi connectivity index (χ2v) is 10.9. The zero-order chi connectivity index (χ0) is 20.5. The number of sulfone groups is 1. The van der Waals surface area contributed by atoms with Crippen molar-refractivity contribution in [2.75, 3.05) is 20.2 Å². The van der Waals surface area contributed by atoms with E-state index in [4.69, 9.17) is 11.6 Å². The van der Waals surface area contributed by atoms with Gasteiger partial charge in [0, 0.05) is 18.1 Å². The quantitative estimate of drug-likeness (QED) is 0.658. The Morgan fingerprint density at radius 3 is 2.14 bits per heavy atom. The summed E-state index contributed by atoms with van der Waals surface area (Å²) in [6.07, 6.45) is 0.199. The summed E-state index contributed by atoms with van der Waals surface area (Å²) in [6, 6.07) is 11.1. The number of methoxy groups -OCH3 is 1. The number of nitrogens with zero attached hydrogens (tertiary/aromatic N) is 1. The fourth-order valence-corrected chi connectivity index (χ4v) is 6.43. The Morgan fingerprint density at radius 1 is 1.00 bits per heavy atom. The van der Waals surface area contributed by atoms with Gasteiger partial charge in [0.05, 0.1) is 27.7 Å². The molecule has 0 aliphatic carbocycles. The molecule has 150 valence electrons. The van der Waals surface area contributed by atoms with Gasteiger partial charge in [0.2, 0.25) is 10.0 Å². The van der Waals surface area contributed by atoms with Crippen molar-refractivity contribution in [1.29, 1.82) is 0 Å². The lowest BCUT2D eigenvalue weighted by atomic mass is 10.2. The third kappa shape index (κ3) is 3.93. The summed E-state index contributed by atoms with van der Waals surface area (Å²) >= 11 is 5.80. The molecular formula is C18H18ClNO6S2. The second-order valence-electron chi connectivity index (χ2n) is 6.29. The van der Waals surface area contributed by atoms with Gasteiger partial charge in [-0.05, 0) is 55.0 Å². The van der Waals surface area contributed by atoms with E-state index in [1.807, 2.05) is 0 Å². The van der Waals surface area contributed by atoms with Crippen LogP contribution in [-0.4, -0.2) is 52.6 Å². The van der Waals surface area contributed by atoms with E-state index in [0.717, 1.165) is 4.31 Å². The number of esters is 1. The SMILES string of the molecule is COC(=O)c1ccc(S(=O)(=O)N2CC[C@@H](S(=O)(=O)c3ccc(Cl)cc3)C2)cc1. The van der Waals surface area contributed by atoms with Gasteiger partial charge in [-0.3, -0.25) is 0 Å². The van der Waals surface area contributed by atoms with Crippen LogP contribution in [0.2, 0.25) is 5.02 Å². The van der Waals surface area contributed by atoms with Crippen molar-refractivity contribution in [2.45, 2.75) is 21.5 Å². The van der Waals surface area contributed by atoms with E-state index >= 15 is 0 Å². The Kier molecular flexibility index (Phi) is 5.81. The fraction of sp³-hybridized carbons (Fsp3) is 0.278. The van der Waals surface area contributed by atoms with Crippen LogP contribution in [0.15, 0.2) is 58.3 Å². The van der Waals surface area contributed by atoms with E-state index in [1.165, 1.54) is 55.6 Å². The molecule has 0 radical (unpaired) electrons. The van der Waals surface area contributed by atoms with Gasteiger partial charge in [0.15, 0.2) is 9.84 Å². The lowest BCUT2D eigenvalue weighted by Gasteiger charge is -2.17. The average Bonchev–Trinajstić information content (AvgIpc) is 3.20. The molecule has 1 aliphatic rings. The van der Waals surface area contributed by atoms with Crippen molar-refractivity contribution >= 4 is 37.4 Å². The Labute approximate surface area is 168 Å². The van der Waals surface area contributed by atoms with Crippen LogP contribution in [-0.2, 0) is 24.6 Å². The molecule has 10 heteroatoms. The number of hydrogen-bond acceptors (Lipinski definition) is 6. The van der Waals surface area contributed by atoms with E-state index in [2.05, 4.69) is 4.74 Å². The van der Waals surface area contributed by atoms with E-state index in [0.29, 0.717) is 5.02 Å². The first kappa shape index (κ1) is 20.8. The summed E-state index contributed by atoms with van der Waals surface area (Å²) in [5, 5.41) is -0.414. The highest BCUT2D eigenvalue weighted by Gasteiger charge is 2.39. The number of halogens is 1. The summed E-state index contributed by atoms with van der Waals surface area (Å²) in [7, 11) is -6.32. The molecule has 0 spiro atoms. The van der Waals surface area contributed by atoms with Crippen LogP contribution in [0, 0.1) is 0 Å². The predicted octanol–water partition coefficient (Wildman–Crippen LogP) is 2.36. The first-order valence-electron chi connectivity index (χ1n) is 8.34. The highest BCUT2D eigenvalue weighted by atomic mass is 35.5. The third-order valence-corrected chi connectivity index (χ3v) is 8.92. The van der Waals surface area contributed by atoms with Gasteiger partial charge < -0.3 is 4.74 Å². The van der Waals surface area contributed by atoms with Crippen molar-refractivity contribution in [3.63, 3.8) is 0 Å². The molecular weight excluding hydrogens is 426 g/mol. The average molecular weight is 444 g/mol. The molecule has 1 saturated heterocycles. The molecule has 1 heterocycles. The summed E-state index contributed by atoms with van der Waals surface area (Å²) < 4.78 is 57.0. The van der Waals surface area contributed by atoms with E-state index in [1.54, 1.807) is 0 Å². The zero-order valence-electron chi connectivity index (χ0n) is 14.9. The molecule has 2 aromatic carbocycles. The third-order valence-electron chi connectivity index (χ3n) is 4.60. The maximum atomic E-state index is 12.8. The van der Waals surface area contributed by atoms with Gasteiger partial charge in [0.25, 0.3) is 0 Å². The Hall–Kier alpha value is -1.94. The van der Waals surface area contributed by atoms with Gasteiger partial charge in [-0.25, -0.2) is 21.6 Å².